The summed E-state index contributed by atoms with van der Waals surface area (Å²) >= 11 is 0. The molecule has 0 saturated heterocycles. The minimum atomic E-state index is -2.74. The van der Waals surface area contributed by atoms with E-state index in [4.69, 9.17) is 20.4 Å². The summed E-state index contributed by atoms with van der Waals surface area (Å²) in [6.45, 7) is 0. The Morgan fingerprint density at radius 2 is 1.12 bits per heavy atom. The molecule has 0 aliphatic heterocycles. The van der Waals surface area contributed by atoms with E-state index in [1.807, 2.05) is 0 Å². The number of rotatable bonds is 5. The van der Waals surface area contributed by atoms with Crippen molar-refractivity contribution in [2.24, 2.45) is 0 Å². The van der Waals surface area contributed by atoms with Crippen molar-refractivity contribution >= 4 is 55.6 Å². The van der Waals surface area contributed by atoms with Crippen molar-refractivity contribution in [3.8, 4) is 0 Å². The first kappa shape index (κ1) is 24.7. The van der Waals surface area contributed by atoms with Crippen molar-refractivity contribution in [3.63, 3.8) is 0 Å². The number of carboxylic acids is 3. The first-order chi connectivity index (χ1) is 5.78. The molecule has 0 aliphatic rings. The van der Waals surface area contributed by atoms with Crippen molar-refractivity contribution in [3.05, 3.63) is 0 Å². The fraction of sp³-hybridized carbons (Fsp3) is 0.500. The second-order valence-electron chi connectivity index (χ2n) is 2.48. The normalized spacial score (nSPS) is 8.81. The van der Waals surface area contributed by atoms with Crippen LogP contribution in [0.1, 0.15) is 12.8 Å². The zero-order valence-electron chi connectivity index (χ0n) is 7.43. The molecule has 0 fully saturated rings. The van der Waals surface area contributed by atoms with Gasteiger partial charge in [-0.2, -0.15) is 0 Å². The van der Waals surface area contributed by atoms with Crippen LogP contribution in [0.5, 0.6) is 0 Å². The van der Waals surface area contributed by atoms with E-state index < -0.39 is 36.4 Å². The number of aliphatic hydroxyl groups is 1. The van der Waals surface area contributed by atoms with E-state index in [1.54, 1.807) is 0 Å². The Balaban J connectivity index is -0.000000240. The number of carboxylic acid groups (broad SMARTS) is 3. The van der Waals surface area contributed by atoms with Crippen LogP contribution in [0, 0.1) is 0 Å². The fourth-order valence-corrected chi connectivity index (χ4v) is 0.714. The Morgan fingerprint density at radius 3 is 1.25 bits per heavy atom. The van der Waals surface area contributed by atoms with E-state index in [-0.39, 0.29) is 48.7 Å². The molecule has 0 aromatic rings. The predicted octanol–water partition coefficient (Wildman–Crippen LogP) is -3.81. The molecule has 10 heteroatoms. The Morgan fingerprint density at radius 1 is 0.875 bits per heavy atom. The molecule has 0 aromatic heterocycles. The van der Waals surface area contributed by atoms with Crippen molar-refractivity contribution in [1.29, 1.82) is 0 Å². The van der Waals surface area contributed by atoms with Gasteiger partial charge in [-0.05, 0) is 0 Å². The Hall–Kier alpha value is -0.450. The van der Waals surface area contributed by atoms with Crippen LogP contribution in [0.4, 0.5) is 0 Å². The van der Waals surface area contributed by atoms with Gasteiger partial charge in [0, 0.05) is 0 Å². The van der Waals surface area contributed by atoms with Crippen LogP contribution < -0.4 is 0 Å². The number of aliphatic carboxylic acids is 3. The quantitative estimate of drug-likeness (QED) is 0.367. The maximum absolute atomic E-state index is 10.3. The second kappa shape index (κ2) is 9.75. The van der Waals surface area contributed by atoms with E-state index in [0.29, 0.717) is 0 Å². The van der Waals surface area contributed by atoms with Gasteiger partial charge >= 0.3 is 55.6 Å². The standard InChI is InChI=1S/C6H8O7.Ca.2H2O.2H/c7-3(8)1-6(13,5(11)12)2-4(9)10;;;;;/h13H,1-2H2,(H,7,8)(H,9,10)(H,11,12);;2*1H2;;. The van der Waals surface area contributed by atoms with Gasteiger partial charge in [0.25, 0.3) is 0 Å². The molecule has 0 bridgehead atoms. The van der Waals surface area contributed by atoms with E-state index >= 15 is 0 Å². The molecule has 9 nitrogen and oxygen atoms in total. The Kier molecular flexibility index (Phi) is 15.0. The summed E-state index contributed by atoms with van der Waals surface area (Å²) in [5.74, 6) is -5.02. The van der Waals surface area contributed by atoms with Gasteiger partial charge < -0.3 is 31.4 Å². The molecule has 0 atom stereocenters. The van der Waals surface area contributed by atoms with Crippen LogP contribution >= 0.6 is 0 Å². The summed E-state index contributed by atoms with van der Waals surface area (Å²) in [7, 11) is 0. The topological polar surface area (TPSA) is 195 Å². The molecule has 0 radical (unpaired) electrons. The molecule has 0 rings (SSSR count). The van der Waals surface area contributed by atoms with E-state index in [9.17, 15) is 14.4 Å². The van der Waals surface area contributed by atoms with Crippen LogP contribution in [0.2, 0.25) is 0 Å². The van der Waals surface area contributed by atoms with Gasteiger partial charge in [0.05, 0.1) is 12.8 Å². The summed E-state index contributed by atoms with van der Waals surface area (Å²) in [6, 6.07) is 0. The van der Waals surface area contributed by atoms with Crippen LogP contribution in [0.15, 0.2) is 0 Å². The molecule has 8 N–H and O–H groups in total. The molecule has 0 unspecified atom stereocenters. The fourth-order valence-electron chi connectivity index (χ4n) is 0.714. The zero-order valence-corrected chi connectivity index (χ0v) is 7.43. The van der Waals surface area contributed by atoms with E-state index in [2.05, 4.69) is 0 Å². The SMILES string of the molecule is O.O.O=C(O)CC(O)(CC(=O)O)C(=O)O.[CaH2]. The average Bonchev–Trinajstić information content (AvgIpc) is 1.82. The molecule has 0 aromatic carbocycles. The van der Waals surface area contributed by atoms with E-state index in [0.717, 1.165) is 0 Å². The third kappa shape index (κ3) is 8.83. The van der Waals surface area contributed by atoms with Gasteiger partial charge in [-0.3, -0.25) is 9.59 Å². The van der Waals surface area contributed by atoms with Crippen LogP contribution in [-0.4, -0.2) is 92.6 Å². The third-order valence-electron chi connectivity index (χ3n) is 1.29. The molecular weight excluding hydrogens is 256 g/mol. The van der Waals surface area contributed by atoms with Crippen molar-refractivity contribution in [1.82, 2.24) is 0 Å². The van der Waals surface area contributed by atoms with Crippen LogP contribution in [0.3, 0.4) is 0 Å². The molecule has 0 aliphatic carbocycles. The summed E-state index contributed by atoms with van der Waals surface area (Å²) < 4.78 is 0. The molecule has 0 heterocycles. The van der Waals surface area contributed by atoms with Gasteiger partial charge in [-0.15, -0.1) is 0 Å². The molecule has 0 amide bonds. The van der Waals surface area contributed by atoms with E-state index in [1.165, 1.54) is 0 Å². The van der Waals surface area contributed by atoms with Crippen molar-refractivity contribution < 1.29 is 45.8 Å². The molecule has 94 valence electrons. The summed E-state index contributed by atoms with van der Waals surface area (Å²) in [6.07, 6.45) is -2.29. The first-order valence-electron chi connectivity index (χ1n) is 3.17. The van der Waals surface area contributed by atoms with Gasteiger partial charge in [0.2, 0.25) is 0 Å². The van der Waals surface area contributed by atoms with Crippen LogP contribution in [0.25, 0.3) is 0 Å². The van der Waals surface area contributed by atoms with Gasteiger partial charge in [-0.1, -0.05) is 0 Å². The zero-order chi connectivity index (χ0) is 10.6. The second-order valence-corrected chi connectivity index (χ2v) is 2.48. The predicted molar refractivity (Wildman–Crippen MR) is 52.9 cm³/mol. The van der Waals surface area contributed by atoms with Crippen LogP contribution in [-0.2, 0) is 14.4 Å². The molecule has 0 saturated carbocycles. The van der Waals surface area contributed by atoms with Gasteiger partial charge in [0.15, 0.2) is 5.60 Å². The van der Waals surface area contributed by atoms with Gasteiger partial charge in [-0.25, -0.2) is 4.79 Å². The minimum absolute atomic E-state index is 0. The summed E-state index contributed by atoms with van der Waals surface area (Å²) in [5, 5.41) is 33.8. The van der Waals surface area contributed by atoms with Crippen molar-refractivity contribution in [2.45, 2.75) is 18.4 Å². The molecule has 16 heavy (non-hydrogen) atoms. The molecule has 0 spiro atoms. The number of hydrogen-bond acceptors (Lipinski definition) is 4. The summed E-state index contributed by atoms with van der Waals surface area (Å²) in [5.41, 5.74) is -2.74. The maximum atomic E-state index is 10.3. The summed E-state index contributed by atoms with van der Waals surface area (Å²) in [4.78, 5) is 30.5. The average molecular weight is 270 g/mol. The molecular formula is C6H14CaO9. The Labute approximate surface area is 119 Å². The number of carbonyl (C=O) groups is 3. The Bertz CT molecular complexity index is 234. The van der Waals surface area contributed by atoms with Crippen molar-refractivity contribution in [2.75, 3.05) is 0 Å². The first-order valence-corrected chi connectivity index (χ1v) is 3.17. The monoisotopic (exact) mass is 270 g/mol. The van der Waals surface area contributed by atoms with Gasteiger partial charge in [0.1, 0.15) is 0 Å². The third-order valence-corrected chi connectivity index (χ3v) is 1.29. The number of hydrogen-bond donors (Lipinski definition) is 4.